The van der Waals surface area contributed by atoms with Crippen LogP contribution in [-0.2, 0) is 42.9 Å². The lowest BCUT2D eigenvalue weighted by molar-refractivity contribution is -0.288. The van der Waals surface area contributed by atoms with Crippen LogP contribution in [-0.4, -0.2) is 61.2 Å². The predicted molar refractivity (Wildman–Crippen MR) is 140 cm³/mol. The molecule has 222 valence electrons. The van der Waals surface area contributed by atoms with Gasteiger partial charge in [-0.25, -0.2) is 4.39 Å². The molecule has 4 rings (SSSR count). The third kappa shape index (κ3) is 7.10. The van der Waals surface area contributed by atoms with E-state index < -0.39 is 67.0 Å². The van der Waals surface area contributed by atoms with Crippen LogP contribution in [0.1, 0.15) is 27.7 Å². The van der Waals surface area contributed by atoms with Gasteiger partial charge in [0.1, 0.15) is 36.1 Å². The third-order valence-electron chi connectivity index (χ3n) is 6.10. The Morgan fingerprint density at radius 1 is 0.810 bits per heavy atom. The molecule has 0 spiro atoms. The van der Waals surface area contributed by atoms with Crippen molar-refractivity contribution in [1.29, 1.82) is 0 Å². The summed E-state index contributed by atoms with van der Waals surface area (Å²) in [7, 11) is 0. The maximum Gasteiger partial charge on any atom is 0.303 e. The van der Waals surface area contributed by atoms with Crippen molar-refractivity contribution in [3.63, 3.8) is 0 Å². The zero-order valence-electron chi connectivity index (χ0n) is 23.0. The Morgan fingerprint density at radius 3 is 2.05 bits per heavy atom. The number of fused-ring (bicyclic) bond motifs is 1. The van der Waals surface area contributed by atoms with Gasteiger partial charge in [-0.15, -0.1) is 0 Å². The van der Waals surface area contributed by atoms with Crippen LogP contribution in [0.2, 0.25) is 0 Å². The quantitative estimate of drug-likeness (QED) is 0.281. The molecule has 5 atom stereocenters. The van der Waals surface area contributed by atoms with Crippen LogP contribution < -0.4 is 10.2 Å². The van der Waals surface area contributed by atoms with Gasteiger partial charge in [-0.3, -0.25) is 24.0 Å². The average Bonchev–Trinajstić information content (AvgIpc) is 2.91. The highest BCUT2D eigenvalue weighted by Gasteiger charge is 2.53. The number of halogens is 1. The van der Waals surface area contributed by atoms with Crippen LogP contribution in [0.4, 0.5) is 4.39 Å². The molecule has 0 N–H and O–H groups in total. The summed E-state index contributed by atoms with van der Waals surface area (Å²) in [6.07, 6.45) is -5.62. The van der Waals surface area contributed by atoms with Crippen LogP contribution in [0.3, 0.4) is 0 Å². The molecule has 1 aliphatic rings. The lowest BCUT2D eigenvalue weighted by Crippen LogP contribution is -2.63. The van der Waals surface area contributed by atoms with Gasteiger partial charge in [0.05, 0.1) is 10.9 Å². The first kappa shape index (κ1) is 30.2. The van der Waals surface area contributed by atoms with Gasteiger partial charge in [-0.2, -0.15) is 0 Å². The molecule has 1 fully saturated rings. The van der Waals surface area contributed by atoms with Crippen LogP contribution in [0, 0.1) is 5.82 Å². The highest BCUT2D eigenvalue weighted by atomic mass is 19.1. The number of esters is 4. The van der Waals surface area contributed by atoms with E-state index in [0.717, 1.165) is 27.7 Å². The van der Waals surface area contributed by atoms with E-state index in [2.05, 4.69) is 0 Å². The summed E-state index contributed by atoms with van der Waals surface area (Å²) >= 11 is 0. The fourth-order valence-corrected chi connectivity index (χ4v) is 4.43. The number of hydrogen-bond acceptors (Lipinski definition) is 12. The largest absolute Gasteiger partial charge is 0.463 e. The smallest absolute Gasteiger partial charge is 0.303 e. The SMILES string of the molecule is CC(=O)OC[C@@H]1O[C@H](Oc2ccc3c(=O)c(-c4ccc(F)cc4)coc3c2)[C@H](OC(C)=O)[C@@H](OC(C)=O)[C@@H]1OC(C)=O. The molecule has 12 nitrogen and oxygen atoms in total. The number of rotatable bonds is 8. The summed E-state index contributed by atoms with van der Waals surface area (Å²) in [5.41, 5.74) is 0.441. The number of carbonyl (C=O) groups excluding carboxylic acids is 4. The standard InChI is InChI=1S/C29H27FO12/c1-14(31)36-13-24-26(38-15(2)32)27(39-16(3)33)28(40-17(4)34)29(42-24)41-20-9-10-21-23(11-20)37-12-22(25(21)35)18-5-7-19(30)8-6-18/h5-12,24,26-29H,13H2,1-4H3/t24-,26+,27-,28+,29-/m0/s1. The van der Waals surface area contributed by atoms with Gasteiger partial charge < -0.3 is 32.8 Å². The van der Waals surface area contributed by atoms with E-state index in [1.54, 1.807) is 0 Å². The van der Waals surface area contributed by atoms with Gasteiger partial charge in [0.25, 0.3) is 0 Å². The average molecular weight is 587 g/mol. The van der Waals surface area contributed by atoms with Gasteiger partial charge in [0.2, 0.25) is 12.4 Å². The van der Waals surface area contributed by atoms with Crippen molar-refractivity contribution >= 4 is 34.8 Å². The fraction of sp³-hybridized carbons (Fsp3) is 0.345. The van der Waals surface area contributed by atoms with Crippen LogP contribution in [0.25, 0.3) is 22.1 Å². The van der Waals surface area contributed by atoms with E-state index in [1.165, 1.54) is 48.7 Å². The van der Waals surface area contributed by atoms with E-state index in [1.807, 2.05) is 0 Å². The van der Waals surface area contributed by atoms with Crippen LogP contribution in [0.15, 0.2) is 57.9 Å². The molecular weight excluding hydrogens is 559 g/mol. The maximum absolute atomic E-state index is 13.3. The van der Waals surface area contributed by atoms with E-state index in [9.17, 15) is 28.4 Å². The molecule has 0 saturated carbocycles. The molecule has 0 unspecified atom stereocenters. The summed E-state index contributed by atoms with van der Waals surface area (Å²) < 4.78 is 52.1. The topological polar surface area (TPSA) is 154 Å². The number of hydrogen-bond donors (Lipinski definition) is 0. The Morgan fingerprint density at radius 2 is 1.43 bits per heavy atom. The van der Waals surface area contributed by atoms with Crippen molar-refractivity contribution in [1.82, 2.24) is 0 Å². The van der Waals surface area contributed by atoms with Crippen LogP contribution >= 0.6 is 0 Å². The summed E-state index contributed by atoms with van der Waals surface area (Å²) in [4.78, 5) is 60.6. The fourth-order valence-electron chi connectivity index (χ4n) is 4.43. The highest BCUT2D eigenvalue weighted by molar-refractivity contribution is 5.82. The lowest BCUT2D eigenvalue weighted by Gasteiger charge is -2.43. The Kier molecular flexibility index (Phi) is 9.21. The minimum Gasteiger partial charge on any atom is -0.463 e. The first-order valence-electron chi connectivity index (χ1n) is 12.7. The summed E-state index contributed by atoms with van der Waals surface area (Å²) in [5, 5.41) is 0.200. The van der Waals surface area contributed by atoms with Gasteiger partial charge in [-0.05, 0) is 29.8 Å². The monoisotopic (exact) mass is 586 g/mol. The second kappa shape index (κ2) is 12.8. The zero-order valence-corrected chi connectivity index (χ0v) is 23.0. The molecule has 2 heterocycles. The number of ether oxygens (including phenoxy) is 6. The van der Waals surface area contributed by atoms with Crippen molar-refractivity contribution in [2.75, 3.05) is 6.61 Å². The molecular formula is C29H27FO12. The van der Waals surface area contributed by atoms with Gasteiger partial charge in [-0.1, -0.05) is 12.1 Å². The summed E-state index contributed by atoms with van der Waals surface area (Å²) in [6, 6.07) is 9.62. The molecule has 0 aliphatic carbocycles. The minimum absolute atomic E-state index is 0.0982. The lowest BCUT2D eigenvalue weighted by atomic mass is 9.98. The molecule has 42 heavy (non-hydrogen) atoms. The number of benzene rings is 2. The van der Waals surface area contributed by atoms with E-state index >= 15 is 0 Å². The summed E-state index contributed by atoms with van der Waals surface area (Å²) in [6.45, 7) is 4.07. The molecule has 1 saturated heterocycles. The second-order valence-corrected chi connectivity index (χ2v) is 9.33. The first-order chi connectivity index (χ1) is 19.9. The maximum atomic E-state index is 13.3. The van der Waals surface area contributed by atoms with E-state index in [-0.39, 0.29) is 27.7 Å². The Bertz CT molecular complexity index is 1550. The number of carbonyl (C=O) groups is 4. The highest BCUT2D eigenvalue weighted by Crippen LogP contribution is 2.32. The Hall–Kier alpha value is -4.78. The van der Waals surface area contributed by atoms with E-state index in [4.69, 9.17) is 32.8 Å². The molecule has 3 aromatic rings. The predicted octanol–water partition coefficient (Wildman–Crippen LogP) is 3.06. The normalized spacial score (nSPS) is 21.7. The molecule has 0 radical (unpaired) electrons. The molecule has 0 bridgehead atoms. The third-order valence-corrected chi connectivity index (χ3v) is 6.10. The van der Waals surface area contributed by atoms with Gasteiger partial charge >= 0.3 is 23.9 Å². The van der Waals surface area contributed by atoms with Crippen molar-refractivity contribution in [2.45, 2.75) is 58.4 Å². The van der Waals surface area contributed by atoms with E-state index in [0.29, 0.717) is 5.56 Å². The van der Waals surface area contributed by atoms with Gasteiger partial charge in [0, 0.05) is 33.8 Å². The van der Waals surface area contributed by atoms with Gasteiger partial charge in [0.15, 0.2) is 17.6 Å². The Balaban J connectivity index is 1.70. The molecule has 2 aromatic carbocycles. The second-order valence-electron chi connectivity index (χ2n) is 9.33. The molecule has 13 heteroatoms. The van der Waals surface area contributed by atoms with Crippen molar-refractivity contribution in [3.8, 4) is 16.9 Å². The van der Waals surface area contributed by atoms with Crippen molar-refractivity contribution in [2.24, 2.45) is 0 Å². The molecule has 1 aromatic heterocycles. The molecule has 0 amide bonds. The zero-order chi connectivity index (χ0) is 30.6. The molecule has 1 aliphatic heterocycles. The van der Waals surface area contributed by atoms with Crippen molar-refractivity contribution < 1.29 is 56.4 Å². The van der Waals surface area contributed by atoms with Crippen LogP contribution in [0.5, 0.6) is 5.75 Å². The Labute approximate surface area is 238 Å². The first-order valence-corrected chi connectivity index (χ1v) is 12.7. The summed E-state index contributed by atoms with van der Waals surface area (Å²) in [5.74, 6) is -3.35. The van der Waals surface area contributed by atoms with Crippen molar-refractivity contribution in [3.05, 3.63) is 64.8 Å². The minimum atomic E-state index is -1.46.